The first-order valence-electron chi connectivity index (χ1n) is 8.25. The molecule has 1 saturated heterocycles. The predicted octanol–water partition coefficient (Wildman–Crippen LogP) is 1.20. The minimum Gasteiger partial charge on any atom is -0.416 e. The van der Waals surface area contributed by atoms with Crippen molar-refractivity contribution in [3.8, 4) is 0 Å². The summed E-state index contributed by atoms with van der Waals surface area (Å²) in [6.07, 6.45) is 4.19. The number of rotatable bonds is 5. The van der Waals surface area contributed by atoms with Gasteiger partial charge in [0.1, 0.15) is 13.1 Å². The number of hydrogen-bond donors (Lipinski definition) is 0. The third kappa shape index (κ3) is 3.53. The van der Waals surface area contributed by atoms with Crippen LogP contribution >= 0.6 is 11.8 Å². The molecule has 0 atom stereocenters. The Labute approximate surface area is 144 Å². The van der Waals surface area contributed by atoms with Gasteiger partial charge in [-0.25, -0.2) is 4.98 Å². The fraction of sp³-hybridized carbons (Fsp3) is 0.500. The Bertz CT molecular complexity index is 696. The molecule has 0 aromatic carbocycles. The molecule has 2 aromatic rings. The van der Waals surface area contributed by atoms with E-state index in [1.807, 2.05) is 23.2 Å². The Morgan fingerprint density at radius 3 is 2.79 bits per heavy atom. The van der Waals surface area contributed by atoms with Gasteiger partial charge in [0.15, 0.2) is 0 Å². The molecule has 24 heavy (non-hydrogen) atoms. The second-order valence-corrected chi connectivity index (χ2v) is 7.01. The number of piperazine rings is 1. The van der Waals surface area contributed by atoms with E-state index in [0.717, 1.165) is 50.7 Å². The Kier molecular flexibility index (Phi) is 4.38. The SMILES string of the molecule is O=C(CSc1nnc(C2CC2)o1)N1CCN(c2cccc[nH+]2)CC1. The fourth-order valence-corrected chi connectivity index (χ4v) is 3.44. The number of nitrogens with zero attached hydrogens (tertiary/aromatic N) is 4. The van der Waals surface area contributed by atoms with Crippen LogP contribution in [-0.4, -0.2) is 52.9 Å². The normalized spacial score (nSPS) is 18.0. The highest BCUT2D eigenvalue weighted by molar-refractivity contribution is 7.99. The summed E-state index contributed by atoms with van der Waals surface area (Å²) in [5, 5.41) is 8.55. The highest BCUT2D eigenvalue weighted by atomic mass is 32.2. The molecule has 2 aliphatic rings. The van der Waals surface area contributed by atoms with Gasteiger partial charge < -0.3 is 9.32 Å². The standard InChI is InChI=1S/C16H19N5O2S/c22-14(11-24-16-19-18-15(23-16)12-4-5-12)21-9-7-20(8-10-21)13-3-1-2-6-17-13/h1-3,6,12H,4-5,7-11H2/p+1. The van der Waals surface area contributed by atoms with Crippen LogP contribution in [0.4, 0.5) is 5.82 Å². The Morgan fingerprint density at radius 2 is 2.08 bits per heavy atom. The predicted molar refractivity (Wildman–Crippen MR) is 88.8 cm³/mol. The molecule has 8 heteroatoms. The number of aromatic nitrogens is 3. The summed E-state index contributed by atoms with van der Waals surface area (Å²) < 4.78 is 5.58. The lowest BCUT2D eigenvalue weighted by atomic mass is 10.3. The summed E-state index contributed by atoms with van der Waals surface area (Å²) in [6, 6.07) is 6.04. The zero-order valence-corrected chi connectivity index (χ0v) is 14.2. The third-order valence-corrected chi connectivity index (χ3v) is 5.14. The minimum atomic E-state index is 0.128. The summed E-state index contributed by atoms with van der Waals surface area (Å²) >= 11 is 1.33. The van der Waals surface area contributed by atoms with E-state index >= 15 is 0 Å². The summed E-state index contributed by atoms with van der Waals surface area (Å²) in [4.78, 5) is 19.8. The van der Waals surface area contributed by atoms with Crippen LogP contribution in [-0.2, 0) is 4.79 Å². The van der Waals surface area contributed by atoms with Gasteiger partial charge in [0.2, 0.25) is 11.8 Å². The quantitative estimate of drug-likeness (QED) is 0.757. The monoisotopic (exact) mass is 346 g/mol. The fourth-order valence-electron chi connectivity index (χ4n) is 2.77. The lowest BCUT2D eigenvalue weighted by Gasteiger charge is -2.30. The number of hydrogen-bond acceptors (Lipinski definition) is 6. The summed E-state index contributed by atoms with van der Waals surface area (Å²) in [6.45, 7) is 3.14. The first-order valence-corrected chi connectivity index (χ1v) is 9.24. The Balaban J connectivity index is 1.25. The van der Waals surface area contributed by atoms with Crippen molar-refractivity contribution in [3.05, 3.63) is 30.3 Å². The summed E-state index contributed by atoms with van der Waals surface area (Å²) in [5.41, 5.74) is 0. The van der Waals surface area contributed by atoms with Gasteiger partial charge >= 0.3 is 0 Å². The zero-order valence-electron chi connectivity index (χ0n) is 13.4. The van der Waals surface area contributed by atoms with E-state index in [2.05, 4.69) is 26.1 Å². The van der Waals surface area contributed by atoms with Crippen molar-refractivity contribution < 1.29 is 14.2 Å². The number of carbonyl (C=O) groups is 1. The van der Waals surface area contributed by atoms with Gasteiger partial charge in [0.25, 0.3) is 11.0 Å². The zero-order chi connectivity index (χ0) is 16.4. The molecule has 0 bridgehead atoms. The second kappa shape index (κ2) is 6.80. The average Bonchev–Trinajstić information content (AvgIpc) is 3.39. The maximum atomic E-state index is 12.4. The topological polar surface area (TPSA) is 76.6 Å². The van der Waals surface area contributed by atoms with Crippen LogP contribution in [0.1, 0.15) is 24.7 Å². The van der Waals surface area contributed by atoms with Crippen molar-refractivity contribution >= 4 is 23.5 Å². The van der Waals surface area contributed by atoms with Gasteiger partial charge in [-0.1, -0.05) is 17.8 Å². The van der Waals surface area contributed by atoms with Crippen LogP contribution < -0.4 is 9.88 Å². The molecular formula is C16H20N5O2S+. The van der Waals surface area contributed by atoms with Crippen LogP contribution in [0.25, 0.3) is 0 Å². The molecule has 2 aromatic heterocycles. The van der Waals surface area contributed by atoms with Crippen molar-refractivity contribution in [2.24, 2.45) is 0 Å². The lowest BCUT2D eigenvalue weighted by molar-refractivity contribution is -0.364. The van der Waals surface area contributed by atoms with Crippen LogP contribution in [0.2, 0.25) is 0 Å². The van der Waals surface area contributed by atoms with E-state index in [-0.39, 0.29) is 5.91 Å². The highest BCUT2D eigenvalue weighted by Gasteiger charge is 2.30. The van der Waals surface area contributed by atoms with Crippen molar-refractivity contribution in [2.75, 3.05) is 36.8 Å². The van der Waals surface area contributed by atoms with Gasteiger partial charge in [-0.05, 0) is 18.9 Å². The summed E-state index contributed by atoms with van der Waals surface area (Å²) in [5.74, 6) is 2.74. The number of carbonyl (C=O) groups excluding carboxylic acids is 1. The Morgan fingerprint density at radius 1 is 1.25 bits per heavy atom. The van der Waals surface area contributed by atoms with Crippen molar-refractivity contribution in [1.29, 1.82) is 0 Å². The molecule has 7 nitrogen and oxygen atoms in total. The number of pyridine rings is 1. The van der Waals surface area contributed by atoms with E-state index < -0.39 is 0 Å². The van der Waals surface area contributed by atoms with E-state index in [4.69, 9.17) is 4.42 Å². The van der Waals surface area contributed by atoms with Crippen molar-refractivity contribution in [2.45, 2.75) is 24.0 Å². The molecule has 2 fully saturated rings. The molecule has 126 valence electrons. The number of thioether (sulfide) groups is 1. The molecular weight excluding hydrogens is 326 g/mol. The lowest BCUT2D eigenvalue weighted by Crippen LogP contribution is -2.50. The second-order valence-electron chi connectivity index (χ2n) is 6.08. The third-order valence-electron chi connectivity index (χ3n) is 4.33. The Hall–Kier alpha value is -2.09. The maximum Gasteiger partial charge on any atom is 0.277 e. The molecule has 0 radical (unpaired) electrons. The smallest absolute Gasteiger partial charge is 0.277 e. The van der Waals surface area contributed by atoms with Crippen LogP contribution in [0.5, 0.6) is 0 Å². The molecule has 1 aliphatic heterocycles. The van der Waals surface area contributed by atoms with E-state index in [1.54, 1.807) is 0 Å². The number of nitrogens with one attached hydrogen (secondary N) is 1. The van der Waals surface area contributed by atoms with E-state index in [0.29, 0.717) is 16.9 Å². The highest BCUT2D eigenvalue weighted by Crippen LogP contribution is 2.39. The molecule has 1 aliphatic carbocycles. The van der Waals surface area contributed by atoms with Gasteiger partial charge in [0.05, 0.1) is 25.0 Å². The molecule has 4 rings (SSSR count). The van der Waals surface area contributed by atoms with Gasteiger partial charge in [-0.3, -0.25) is 9.69 Å². The maximum absolute atomic E-state index is 12.4. The van der Waals surface area contributed by atoms with Crippen LogP contribution in [0, 0.1) is 0 Å². The molecule has 1 saturated carbocycles. The first kappa shape index (κ1) is 15.4. The van der Waals surface area contributed by atoms with Gasteiger partial charge in [0, 0.05) is 12.0 Å². The number of aromatic amines is 1. The largest absolute Gasteiger partial charge is 0.416 e. The number of amides is 1. The van der Waals surface area contributed by atoms with Gasteiger partial charge in [-0.15, -0.1) is 10.2 Å². The molecule has 0 unspecified atom stereocenters. The molecule has 0 spiro atoms. The van der Waals surface area contributed by atoms with E-state index in [1.165, 1.54) is 11.8 Å². The van der Waals surface area contributed by atoms with Crippen LogP contribution in [0.3, 0.4) is 0 Å². The van der Waals surface area contributed by atoms with Crippen molar-refractivity contribution in [1.82, 2.24) is 15.1 Å². The average molecular weight is 346 g/mol. The molecule has 1 amide bonds. The van der Waals surface area contributed by atoms with E-state index in [9.17, 15) is 4.79 Å². The van der Waals surface area contributed by atoms with Crippen molar-refractivity contribution in [3.63, 3.8) is 0 Å². The minimum absolute atomic E-state index is 0.128. The van der Waals surface area contributed by atoms with Gasteiger partial charge in [-0.2, -0.15) is 0 Å². The molecule has 1 N–H and O–H groups in total. The number of H-pyrrole nitrogens is 1. The number of anilines is 1. The summed E-state index contributed by atoms with van der Waals surface area (Å²) in [7, 11) is 0. The molecule has 3 heterocycles. The first-order chi connectivity index (χ1) is 11.8. The van der Waals surface area contributed by atoms with Crippen LogP contribution in [0.15, 0.2) is 34.0 Å².